The zero-order chi connectivity index (χ0) is 43.7. The van der Waals surface area contributed by atoms with Crippen LogP contribution >= 0.6 is 11.3 Å². The van der Waals surface area contributed by atoms with Gasteiger partial charge in [-0.1, -0.05) is 33.8 Å². The van der Waals surface area contributed by atoms with Crippen LogP contribution in [-0.2, 0) is 43.2 Å². The van der Waals surface area contributed by atoms with E-state index in [2.05, 4.69) is 71.8 Å². The number of nitrogens with zero attached hydrogens (tertiary/aromatic N) is 5. The lowest BCUT2D eigenvalue weighted by Gasteiger charge is -2.37. The Balaban J connectivity index is 1.30. The molecule has 14 heteroatoms. The lowest BCUT2D eigenvalue weighted by atomic mass is 9.84. The third-order valence-electron chi connectivity index (χ3n) is 12.5. The molecule has 1 saturated heterocycles. The quantitative estimate of drug-likeness (QED) is 0.158. The highest BCUT2D eigenvalue weighted by molar-refractivity contribution is 7.10. The molecule has 1 saturated carbocycles. The number of aromatic nitrogens is 2. The van der Waals surface area contributed by atoms with Gasteiger partial charge in [0.2, 0.25) is 5.91 Å². The molecule has 3 aliphatic rings. The van der Waals surface area contributed by atoms with Gasteiger partial charge in [0, 0.05) is 79.2 Å². The maximum Gasteiger partial charge on any atom is 0.324 e. The number of fused-ring (bicyclic) bond motifs is 6. The second-order valence-electron chi connectivity index (χ2n) is 18.0. The topological polar surface area (TPSA) is 138 Å². The maximum atomic E-state index is 14.6. The van der Waals surface area contributed by atoms with Crippen molar-refractivity contribution in [2.45, 2.75) is 124 Å². The molecule has 3 aromatic heterocycles. The van der Waals surface area contributed by atoms with Gasteiger partial charge < -0.3 is 29.2 Å². The molecular weight excluding hydrogens is 791 g/mol. The Hall–Kier alpha value is -4.79. The van der Waals surface area contributed by atoms with Crippen molar-refractivity contribution in [2.24, 2.45) is 11.3 Å². The molecule has 6 bridgehead atoms. The highest BCUT2D eigenvalue weighted by atomic mass is 32.1. The minimum Gasteiger partial charge on any atom is -0.464 e. The Morgan fingerprint density at radius 2 is 1.87 bits per heavy atom. The van der Waals surface area contributed by atoms with Crippen molar-refractivity contribution in [3.63, 3.8) is 0 Å². The fraction of sp³-hybridized carbons (Fsp3) is 0.553. The van der Waals surface area contributed by atoms with Gasteiger partial charge in [-0.25, -0.2) is 10.2 Å². The lowest BCUT2D eigenvalue weighted by Crippen LogP contribution is -2.62. The number of benzene rings is 1. The van der Waals surface area contributed by atoms with Gasteiger partial charge in [0.05, 0.1) is 24.1 Å². The predicted molar refractivity (Wildman–Crippen MR) is 239 cm³/mol. The fourth-order valence-corrected chi connectivity index (χ4v) is 10.1. The van der Waals surface area contributed by atoms with Crippen LogP contribution in [0.3, 0.4) is 0 Å². The first kappa shape index (κ1) is 44.3. The number of nitrogens with one attached hydrogen (secondary N) is 2. The van der Waals surface area contributed by atoms with Crippen LogP contribution in [0.25, 0.3) is 33.3 Å². The minimum absolute atomic E-state index is 0.163. The number of thiophene rings is 1. The molecule has 2 fully saturated rings. The van der Waals surface area contributed by atoms with Gasteiger partial charge in [-0.2, -0.15) is 0 Å². The number of carbonyl (C=O) groups excluding carboxylic acids is 4. The molecule has 1 aliphatic carbocycles. The summed E-state index contributed by atoms with van der Waals surface area (Å²) in [6.07, 6.45) is 5.43. The van der Waals surface area contributed by atoms with E-state index in [4.69, 9.17) is 14.5 Å². The van der Waals surface area contributed by atoms with E-state index < -0.39 is 35.4 Å². The standard InChI is InChI=1S/C47H63N7O6S/c1-10-52(32-17-18-32)46(58)51(8)41(28(3)4)43(55)49-38-24-33-22-31(26-61-33)30-16-19-39-35(23-30)36(42(53(39)11-2)34-14-12-20-48-40(34)29(5)59-9)25-47(6,7)27-60-45(57)37-15-13-21-54(50-37)44(38)56/h12,14,16,19-20,22-23,26,28-29,32,37-38,41,50H,10-11,13,15,17-18,21,24-25,27H2,1-9H3,(H,49,55)/t29-,37-,38-,41-/m0/s1. The van der Waals surface area contributed by atoms with Crippen LogP contribution in [0.5, 0.6) is 0 Å². The molecule has 0 radical (unpaired) electrons. The molecule has 4 aromatic rings. The number of hydrogen-bond acceptors (Lipinski definition) is 9. The van der Waals surface area contributed by atoms with E-state index in [1.807, 2.05) is 38.7 Å². The molecule has 4 atom stereocenters. The van der Waals surface area contributed by atoms with Gasteiger partial charge in [0.1, 0.15) is 18.1 Å². The summed E-state index contributed by atoms with van der Waals surface area (Å²) in [6, 6.07) is 10.3. The second kappa shape index (κ2) is 18.3. The summed E-state index contributed by atoms with van der Waals surface area (Å²) in [7, 11) is 3.37. The first-order chi connectivity index (χ1) is 29.2. The van der Waals surface area contributed by atoms with Crippen molar-refractivity contribution >= 4 is 46.1 Å². The molecule has 328 valence electrons. The molecule has 1 aromatic carbocycles. The van der Waals surface area contributed by atoms with Crippen LogP contribution < -0.4 is 10.7 Å². The third kappa shape index (κ3) is 9.22. The number of urea groups is 1. The summed E-state index contributed by atoms with van der Waals surface area (Å²) in [5.41, 5.74) is 9.92. The zero-order valence-electron chi connectivity index (χ0n) is 37.2. The van der Waals surface area contributed by atoms with Crippen LogP contribution in [0, 0.1) is 11.3 Å². The van der Waals surface area contributed by atoms with Crippen LogP contribution in [0.15, 0.2) is 48.0 Å². The molecule has 61 heavy (non-hydrogen) atoms. The van der Waals surface area contributed by atoms with Crippen molar-refractivity contribution in [3.05, 3.63) is 64.1 Å². The molecule has 7 rings (SSSR count). The second-order valence-corrected chi connectivity index (χ2v) is 19.0. The van der Waals surface area contributed by atoms with Crippen molar-refractivity contribution in [3.8, 4) is 22.4 Å². The molecule has 13 nitrogen and oxygen atoms in total. The number of cyclic esters (lactones) is 1. The minimum atomic E-state index is -0.965. The van der Waals surface area contributed by atoms with Gasteiger partial charge >= 0.3 is 12.0 Å². The fourth-order valence-electron chi connectivity index (χ4n) is 9.15. The number of methoxy groups -OCH3 is 1. The number of ether oxygens (including phenoxy) is 2. The molecule has 2 N–H and O–H groups in total. The van der Waals surface area contributed by atoms with Gasteiger partial charge in [0.15, 0.2) is 0 Å². The summed E-state index contributed by atoms with van der Waals surface area (Å²) in [4.78, 5) is 65.6. The molecule has 0 spiro atoms. The summed E-state index contributed by atoms with van der Waals surface area (Å²) in [5, 5.41) is 7.78. The first-order valence-corrected chi connectivity index (χ1v) is 22.8. The number of hydrazine groups is 1. The highest BCUT2D eigenvalue weighted by Crippen LogP contribution is 2.42. The van der Waals surface area contributed by atoms with Crippen molar-refractivity contribution in [1.29, 1.82) is 0 Å². The smallest absolute Gasteiger partial charge is 0.324 e. The Labute approximate surface area is 364 Å². The van der Waals surface area contributed by atoms with E-state index in [9.17, 15) is 19.2 Å². The zero-order valence-corrected chi connectivity index (χ0v) is 38.1. The SMILES string of the molecule is CCN(C(=O)N(C)[C@H](C(=O)N[C@H]1Cc2cc(cs2)-c2ccc3c(c2)c(c(-c2cccnc2[C@H](C)OC)n3CC)CC(C)(C)COC(=O)[C@@H]2CCCN(N2)C1=O)C(C)C)C1CC1. The van der Waals surface area contributed by atoms with Crippen LogP contribution in [0.2, 0.25) is 0 Å². The van der Waals surface area contributed by atoms with E-state index in [1.54, 1.807) is 31.7 Å². The average molecular weight is 854 g/mol. The van der Waals surface area contributed by atoms with Gasteiger partial charge in [-0.15, -0.1) is 11.3 Å². The number of esters is 1. The Morgan fingerprint density at radius 3 is 2.56 bits per heavy atom. The van der Waals surface area contributed by atoms with Crippen molar-refractivity contribution in [2.75, 3.05) is 33.9 Å². The number of carbonyl (C=O) groups is 4. The maximum absolute atomic E-state index is 14.6. The number of aryl methyl sites for hydroxylation is 1. The van der Waals surface area contributed by atoms with Crippen LogP contribution in [0.4, 0.5) is 4.79 Å². The average Bonchev–Trinajstić information content (AvgIpc) is 3.90. The van der Waals surface area contributed by atoms with E-state index in [-0.39, 0.29) is 43.0 Å². The predicted octanol–water partition coefficient (Wildman–Crippen LogP) is 7.37. The molecule has 2 aliphatic heterocycles. The third-order valence-corrected chi connectivity index (χ3v) is 13.5. The van der Waals surface area contributed by atoms with E-state index in [0.29, 0.717) is 32.4 Å². The van der Waals surface area contributed by atoms with Crippen molar-refractivity contribution < 1.29 is 28.7 Å². The van der Waals surface area contributed by atoms with E-state index in [0.717, 1.165) is 68.8 Å². The van der Waals surface area contributed by atoms with Gasteiger partial charge in [-0.3, -0.25) is 24.4 Å². The summed E-state index contributed by atoms with van der Waals surface area (Å²) in [6.45, 7) is 16.0. The number of likely N-dealkylation sites (N-methyl/N-ethyl adjacent to an activating group) is 1. The Bertz CT molecular complexity index is 2260. The summed E-state index contributed by atoms with van der Waals surface area (Å²) in [5.74, 6) is -1.38. The van der Waals surface area contributed by atoms with Gasteiger partial charge in [-0.05, 0) is 111 Å². The number of rotatable bonds is 10. The van der Waals surface area contributed by atoms with Crippen molar-refractivity contribution in [1.82, 2.24) is 35.1 Å². The Kier molecular flexibility index (Phi) is 13.3. The number of pyridine rings is 1. The summed E-state index contributed by atoms with van der Waals surface area (Å²) >= 11 is 1.54. The van der Waals surface area contributed by atoms with Gasteiger partial charge in [0.25, 0.3) is 5.91 Å². The van der Waals surface area contributed by atoms with Crippen LogP contribution in [-0.4, -0.2) is 106 Å². The molecule has 5 heterocycles. The molecular formula is C47H63N7O6S. The highest BCUT2D eigenvalue weighted by Gasteiger charge is 2.40. The monoisotopic (exact) mass is 853 g/mol. The van der Waals surface area contributed by atoms with Crippen LogP contribution in [0.1, 0.15) is 96.4 Å². The molecule has 0 unspecified atom stereocenters. The summed E-state index contributed by atoms with van der Waals surface area (Å²) < 4.78 is 14.3. The van der Waals surface area contributed by atoms with E-state index in [1.165, 1.54) is 9.91 Å². The van der Waals surface area contributed by atoms with E-state index >= 15 is 0 Å². The number of amides is 4. The Morgan fingerprint density at radius 1 is 1.10 bits per heavy atom. The largest absolute Gasteiger partial charge is 0.464 e. The molecule has 4 amide bonds. The normalized spacial score (nSPS) is 20.5. The first-order valence-electron chi connectivity index (χ1n) is 21.9. The number of hydrogen-bond donors (Lipinski definition) is 2. The lowest BCUT2D eigenvalue weighted by molar-refractivity contribution is -0.155.